The third kappa shape index (κ3) is 2.50. The summed E-state index contributed by atoms with van der Waals surface area (Å²) >= 11 is 0. The molecule has 1 aromatic carbocycles. The van der Waals surface area contributed by atoms with Crippen LogP contribution in [-0.4, -0.2) is 17.9 Å². The number of hydrogen-bond donors (Lipinski definition) is 1. The summed E-state index contributed by atoms with van der Waals surface area (Å²) in [6.45, 7) is 0. The van der Waals surface area contributed by atoms with E-state index in [9.17, 15) is 28.1 Å². The third-order valence-electron chi connectivity index (χ3n) is 2.06. The average molecular weight is 264 g/mol. The van der Waals surface area contributed by atoms with Crippen LogP contribution in [0.25, 0.3) is 0 Å². The molecule has 1 rings (SSSR count). The number of nitrogens with two attached hydrogens (primary N) is 1. The minimum absolute atomic E-state index is 0.411. The Morgan fingerprint density at radius 2 is 2.00 bits per heavy atom. The van der Waals surface area contributed by atoms with Crippen LogP contribution < -0.4 is 10.5 Å². The average Bonchev–Trinajstić information content (AvgIpc) is 2.25. The third-order valence-corrected chi connectivity index (χ3v) is 2.06. The highest BCUT2D eigenvalue weighted by molar-refractivity contribution is 5.94. The molecule has 0 unspecified atom stereocenters. The van der Waals surface area contributed by atoms with Crippen molar-refractivity contribution in [3.63, 3.8) is 0 Å². The lowest BCUT2D eigenvalue weighted by Crippen LogP contribution is -2.15. The van der Waals surface area contributed by atoms with Gasteiger partial charge in [0.05, 0.1) is 12.0 Å². The van der Waals surface area contributed by atoms with Gasteiger partial charge in [0.2, 0.25) is 11.7 Å². The van der Waals surface area contributed by atoms with Crippen molar-refractivity contribution in [2.45, 2.75) is 6.18 Å². The standard InChI is InChI=1S/C9H7F3N2O4/c1-18-7-5(9(10,11)12)2-4(8(13)15)3-6(7)14(16)17/h2-3H,1H3,(H2,13,15). The maximum absolute atomic E-state index is 12.7. The highest BCUT2D eigenvalue weighted by atomic mass is 19.4. The number of nitro benzene ring substituents is 1. The number of alkyl halides is 3. The number of methoxy groups -OCH3 is 1. The summed E-state index contributed by atoms with van der Waals surface area (Å²) in [4.78, 5) is 20.4. The molecule has 0 spiro atoms. The second-order valence-electron chi connectivity index (χ2n) is 3.20. The van der Waals surface area contributed by atoms with Gasteiger partial charge in [-0.05, 0) is 6.07 Å². The lowest BCUT2D eigenvalue weighted by Gasteiger charge is -2.12. The van der Waals surface area contributed by atoms with E-state index in [1.807, 2.05) is 0 Å². The van der Waals surface area contributed by atoms with Crippen LogP contribution >= 0.6 is 0 Å². The van der Waals surface area contributed by atoms with Crippen LogP contribution in [0.5, 0.6) is 5.75 Å². The first-order valence-corrected chi connectivity index (χ1v) is 4.42. The van der Waals surface area contributed by atoms with Gasteiger partial charge in [-0.2, -0.15) is 13.2 Å². The van der Waals surface area contributed by atoms with E-state index in [2.05, 4.69) is 4.74 Å². The first kappa shape index (κ1) is 13.7. The Morgan fingerprint density at radius 1 is 1.44 bits per heavy atom. The zero-order chi connectivity index (χ0) is 14.1. The number of hydrogen-bond acceptors (Lipinski definition) is 4. The molecule has 0 aromatic heterocycles. The first-order chi connectivity index (χ1) is 8.18. The highest BCUT2D eigenvalue weighted by Crippen LogP contribution is 2.42. The van der Waals surface area contributed by atoms with Gasteiger partial charge in [0.15, 0.2) is 0 Å². The van der Waals surface area contributed by atoms with Crippen LogP contribution in [0, 0.1) is 10.1 Å². The van der Waals surface area contributed by atoms with Crippen molar-refractivity contribution < 1.29 is 27.6 Å². The van der Waals surface area contributed by atoms with Crippen molar-refractivity contribution in [3.8, 4) is 5.75 Å². The van der Waals surface area contributed by atoms with Crippen molar-refractivity contribution in [1.82, 2.24) is 0 Å². The van der Waals surface area contributed by atoms with Crippen molar-refractivity contribution in [1.29, 1.82) is 0 Å². The second kappa shape index (κ2) is 4.51. The van der Waals surface area contributed by atoms with Crippen molar-refractivity contribution in [3.05, 3.63) is 33.4 Å². The molecule has 0 aliphatic rings. The molecule has 0 heterocycles. The lowest BCUT2D eigenvalue weighted by molar-refractivity contribution is -0.386. The Bertz CT molecular complexity index is 513. The highest BCUT2D eigenvalue weighted by Gasteiger charge is 2.39. The van der Waals surface area contributed by atoms with Gasteiger partial charge in [0, 0.05) is 11.6 Å². The molecule has 18 heavy (non-hydrogen) atoms. The summed E-state index contributed by atoms with van der Waals surface area (Å²) in [5, 5.41) is 10.6. The quantitative estimate of drug-likeness (QED) is 0.664. The van der Waals surface area contributed by atoms with Crippen molar-refractivity contribution in [2.24, 2.45) is 5.73 Å². The van der Waals surface area contributed by atoms with E-state index < -0.39 is 39.6 Å². The van der Waals surface area contributed by atoms with Crippen LogP contribution in [0.15, 0.2) is 12.1 Å². The fourth-order valence-electron chi connectivity index (χ4n) is 1.32. The van der Waals surface area contributed by atoms with Crippen LogP contribution in [-0.2, 0) is 6.18 Å². The zero-order valence-corrected chi connectivity index (χ0v) is 8.95. The Morgan fingerprint density at radius 3 is 2.33 bits per heavy atom. The lowest BCUT2D eigenvalue weighted by atomic mass is 10.1. The Balaban J connectivity index is 3.67. The van der Waals surface area contributed by atoms with E-state index in [1.165, 1.54) is 0 Å². The summed E-state index contributed by atoms with van der Waals surface area (Å²) in [6.07, 6.45) is -4.90. The summed E-state index contributed by atoms with van der Waals surface area (Å²) in [7, 11) is 0.863. The fraction of sp³-hybridized carbons (Fsp3) is 0.222. The van der Waals surface area contributed by atoms with E-state index in [1.54, 1.807) is 0 Å². The molecule has 0 saturated carbocycles. The Kier molecular flexibility index (Phi) is 3.44. The molecule has 0 aliphatic heterocycles. The molecule has 1 aromatic rings. The number of primary amides is 1. The number of benzene rings is 1. The van der Waals surface area contributed by atoms with Gasteiger partial charge in [-0.3, -0.25) is 14.9 Å². The second-order valence-corrected chi connectivity index (χ2v) is 3.20. The number of nitrogens with zero attached hydrogens (tertiary/aromatic N) is 1. The molecule has 0 radical (unpaired) electrons. The molecule has 98 valence electrons. The van der Waals surface area contributed by atoms with Crippen LogP contribution in [0.2, 0.25) is 0 Å². The predicted octanol–water partition coefficient (Wildman–Crippen LogP) is 1.72. The number of carbonyl (C=O) groups excluding carboxylic acids is 1. The molecule has 0 aliphatic carbocycles. The molecule has 2 N–H and O–H groups in total. The molecule has 0 saturated heterocycles. The predicted molar refractivity (Wildman–Crippen MR) is 53.2 cm³/mol. The normalized spacial score (nSPS) is 11.1. The largest absolute Gasteiger partial charge is 0.490 e. The zero-order valence-electron chi connectivity index (χ0n) is 8.95. The molecule has 0 fully saturated rings. The van der Waals surface area contributed by atoms with Gasteiger partial charge in [-0.25, -0.2) is 0 Å². The number of halogens is 3. The maximum Gasteiger partial charge on any atom is 0.420 e. The molecule has 0 atom stereocenters. The molecule has 0 bridgehead atoms. The maximum atomic E-state index is 12.7. The Hall–Kier alpha value is -2.32. The van der Waals surface area contributed by atoms with E-state index in [0.717, 1.165) is 7.11 Å². The minimum atomic E-state index is -4.90. The summed E-state index contributed by atoms with van der Waals surface area (Å²) in [5.74, 6) is -2.16. The SMILES string of the molecule is COc1c([N+](=O)[O-])cc(C(N)=O)cc1C(F)(F)F. The molecule has 6 nitrogen and oxygen atoms in total. The molecular formula is C9H7F3N2O4. The number of amides is 1. The molecule has 1 amide bonds. The van der Waals surface area contributed by atoms with Gasteiger partial charge < -0.3 is 10.5 Å². The van der Waals surface area contributed by atoms with E-state index in [4.69, 9.17) is 5.73 Å². The first-order valence-electron chi connectivity index (χ1n) is 4.42. The van der Waals surface area contributed by atoms with E-state index in [-0.39, 0.29) is 0 Å². The minimum Gasteiger partial charge on any atom is -0.490 e. The van der Waals surface area contributed by atoms with Crippen LogP contribution in [0.3, 0.4) is 0 Å². The summed E-state index contributed by atoms with van der Waals surface area (Å²) in [6, 6.07) is 1.05. The van der Waals surface area contributed by atoms with Gasteiger partial charge in [-0.1, -0.05) is 0 Å². The topological polar surface area (TPSA) is 95.5 Å². The van der Waals surface area contributed by atoms with Crippen LogP contribution in [0.4, 0.5) is 18.9 Å². The van der Waals surface area contributed by atoms with E-state index >= 15 is 0 Å². The number of nitro groups is 1. The van der Waals surface area contributed by atoms with Gasteiger partial charge in [0.25, 0.3) is 0 Å². The van der Waals surface area contributed by atoms with Gasteiger partial charge in [0.1, 0.15) is 5.56 Å². The van der Waals surface area contributed by atoms with Crippen molar-refractivity contribution >= 4 is 11.6 Å². The number of rotatable bonds is 3. The number of carbonyl (C=O) groups is 1. The monoisotopic (exact) mass is 264 g/mol. The van der Waals surface area contributed by atoms with Gasteiger partial charge in [-0.15, -0.1) is 0 Å². The number of ether oxygens (including phenoxy) is 1. The smallest absolute Gasteiger partial charge is 0.420 e. The summed E-state index contributed by atoms with van der Waals surface area (Å²) < 4.78 is 42.4. The Labute approximate surface area is 98.3 Å². The molecular weight excluding hydrogens is 257 g/mol. The van der Waals surface area contributed by atoms with Gasteiger partial charge >= 0.3 is 11.9 Å². The fourth-order valence-corrected chi connectivity index (χ4v) is 1.32. The summed E-state index contributed by atoms with van der Waals surface area (Å²) in [5.41, 5.74) is 1.81. The van der Waals surface area contributed by atoms with Crippen LogP contribution in [0.1, 0.15) is 15.9 Å². The van der Waals surface area contributed by atoms with E-state index in [0.29, 0.717) is 12.1 Å². The molecule has 9 heteroatoms. The van der Waals surface area contributed by atoms with Crippen molar-refractivity contribution in [2.75, 3.05) is 7.11 Å².